The summed E-state index contributed by atoms with van der Waals surface area (Å²) in [5.41, 5.74) is 0. The van der Waals surface area contributed by atoms with Gasteiger partial charge in [-0.2, -0.15) is 0 Å². The molecule has 0 heterocycles. The summed E-state index contributed by atoms with van der Waals surface area (Å²) < 4.78 is 16.5. The number of hydrogen-bond acceptors (Lipinski definition) is 6. The van der Waals surface area contributed by atoms with E-state index in [2.05, 4.69) is 106 Å². The monoisotopic (exact) mass is 815 g/mol. The Morgan fingerprint density at radius 3 is 1.44 bits per heavy atom. The average molecular weight is 815 g/mol. The first-order valence-electron chi connectivity index (χ1n) is 23.1. The van der Waals surface area contributed by atoms with Gasteiger partial charge in [0.2, 0.25) is 0 Å². The zero-order valence-electron chi connectivity index (χ0n) is 37.5. The lowest BCUT2D eigenvalue weighted by molar-refractivity contribution is -0.166. The van der Waals surface area contributed by atoms with Gasteiger partial charge in [-0.1, -0.05) is 194 Å². The molecular formula is C53H82O6. The lowest BCUT2D eigenvalue weighted by Crippen LogP contribution is -2.30. The highest BCUT2D eigenvalue weighted by molar-refractivity contribution is 5.72. The van der Waals surface area contributed by atoms with Crippen LogP contribution in [0.2, 0.25) is 0 Å². The van der Waals surface area contributed by atoms with E-state index in [0.717, 1.165) is 83.5 Å². The lowest BCUT2D eigenvalue weighted by Gasteiger charge is -2.18. The molecule has 330 valence electrons. The zero-order valence-corrected chi connectivity index (χ0v) is 37.5. The minimum absolute atomic E-state index is 0.116. The molecule has 0 saturated heterocycles. The van der Waals surface area contributed by atoms with Crippen LogP contribution in [-0.4, -0.2) is 37.2 Å². The Morgan fingerprint density at radius 2 is 0.831 bits per heavy atom. The minimum Gasteiger partial charge on any atom is -0.462 e. The van der Waals surface area contributed by atoms with Crippen molar-refractivity contribution in [2.24, 2.45) is 0 Å². The van der Waals surface area contributed by atoms with Crippen LogP contribution < -0.4 is 0 Å². The summed E-state index contributed by atoms with van der Waals surface area (Å²) in [6, 6.07) is 0. The standard InChI is InChI=1S/C53H82O6/c1-4-7-10-13-16-19-21-23-25-26-28-29-31-34-37-40-43-46-52(55)58-49-50(48-57-51(54)45-42-39-36-33-18-15-12-9-6-3)59-53(56)47-44-41-38-35-32-30-27-24-22-20-17-14-11-8-5-2/h8-9,11-12,14,17-18,20,22-25,27-29,33-34,37,39,42,50H,4-7,10,13,15-16,19,21,26,30-32,35-36,38,40-41,43-49H2,1-3H3/b11-8-,12-9-,17-14-,22-20-,25-23-,27-24-,29-28-,33-18-,37-34-,42-39-. The van der Waals surface area contributed by atoms with Crippen molar-refractivity contribution in [2.75, 3.05) is 13.2 Å². The van der Waals surface area contributed by atoms with Crippen LogP contribution in [0.25, 0.3) is 0 Å². The highest BCUT2D eigenvalue weighted by Gasteiger charge is 2.19. The fraction of sp³-hybridized carbons (Fsp3) is 0.566. The van der Waals surface area contributed by atoms with Crippen molar-refractivity contribution >= 4 is 17.9 Å². The molecule has 0 fully saturated rings. The third kappa shape index (κ3) is 44.8. The van der Waals surface area contributed by atoms with Crippen molar-refractivity contribution < 1.29 is 28.6 Å². The Morgan fingerprint density at radius 1 is 0.390 bits per heavy atom. The van der Waals surface area contributed by atoms with Crippen LogP contribution in [0.3, 0.4) is 0 Å². The van der Waals surface area contributed by atoms with Crippen molar-refractivity contribution in [3.05, 3.63) is 122 Å². The largest absolute Gasteiger partial charge is 0.462 e. The highest BCUT2D eigenvalue weighted by Crippen LogP contribution is 2.11. The number of carbonyl (C=O) groups excluding carboxylic acids is 3. The molecule has 1 unspecified atom stereocenters. The predicted octanol–water partition coefficient (Wildman–Crippen LogP) is 15.0. The third-order valence-electron chi connectivity index (χ3n) is 9.06. The molecule has 0 aromatic heterocycles. The molecule has 1 atom stereocenters. The number of carbonyl (C=O) groups is 3. The first-order chi connectivity index (χ1) is 29.0. The van der Waals surface area contributed by atoms with Gasteiger partial charge in [0, 0.05) is 12.8 Å². The molecule has 0 N–H and O–H groups in total. The van der Waals surface area contributed by atoms with Gasteiger partial charge in [0.1, 0.15) is 13.2 Å². The van der Waals surface area contributed by atoms with E-state index in [1.807, 2.05) is 30.4 Å². The van der Waals surface area contributed by atoms with Gasteiger partial charge in [-0.25, -0.2) is 0 Å². The first-order valence-corrected chi connectivity index (χ1v) is 23.1. The Kier molecular flexibility index (Phi) is 43.2. The van der Waals surface area contributed by atoms with E-state index >= 15 is 0 Å². The Bertz CT molecular complexity index is 1300. The summed E-state index contributed by atoms with van der Waals surface area (Å²) in [6.45, 7) is 6.17. The molecule has 59 heavy (non-hydrogen) atoms. The van der Waals surface area contributed by atoms with Crippen molar-refractivity contribution in [3.63, 3.8) is 0 Å². The highest BCUT2D eigenvalue weighted by atomic mass is 16.6. The van der Waals surface area contributed by atoms with Crippen LogP contribution in [0, 0.1) is 0 Å². The van der Waals surface area contributed by atoms with Gasteiger partial charge in [0.15, 0.2) is 6.10 Å². The van der Waals surface area contributed by atoms with Crippen molar-refractivity contribution in [2.45, 2.75) is 181 Å². The lowest BCUT2D eigenvalue weighted by atomic mass is 10.1. The van der Waals surface area contributed by atoms with Gasteiger partial charge in [0.25, 0.3) is 0 Å². The van der Waals surface area contributed by atoms with E-state index in [1.54, 1.807) is 6.08 Å². The second-order valence-corrected chi connectivity index (χ2v) is 14.7. The maximum atomic E-state index is 12.7. The minimum atomic E-state index is -0.848. The van der Waals surface area contributed by atoms with E-state index in [9.17, 15) is 14.4 Å². The Balaban J connectivity index is 4.56. The fourth-order valence-corrected chi connectivity index (χ4v) is 5.64. The van der Waals surface area contributed by atoms with Gasteiger partial charge < -0.3 is 14.2 Å². The van der Waals surface area contributed by atoms with Gasteiger partial charge >= 0.3 is 17.9 Å². The van der Waals surface area contributed by atoms with E-state index in [-0.39, 0.29) is 44.4 Å². The molecule has 0 spiro atoms. The normalized spacial score (nSPS) is 13.2. The van der Waals surface area contributed by atoms with Crippen LogP contribution >= 0.6 is 0 Å². The summed E-state index contributed by atoms with van der Waals surface area (Å²) in [6.07, 6.45) is 63.6. The molecular weight excluding hydrogens is 733 g/mol. The summed E-state index contributed by atoms with van der Waals surface area (Å²) in [5.74, 6) is -1.16. The Hall–Kier alpha value is -4.19. The number of rotatable bonds is 39. The van der Waals surface area contributed by atoms with E-state index in [0.29, 0.717) is 6.42 Å². The molecule has 0 aliphatic rings. The fourth-order valence-electron chi connectivity index (χ4n) is 5.64. The summed E-state index contributed by atoms with van der Waals surface area (Å²) >= 11 is 0. The van der Waals surface area contributed by atoms with Crippen molar-refractivity contribution in [1.82, 2.24) is 0 Å². The number of ether oxygens (including phenoxy) is 3. The predicted molar refractivity (Wildman–Crippen MR) is 251 cm³/mol. The number of esters is 3. The van der Waals surface area contributed by atoms with Crippen LogP contribution in [0.15, 0.2) is 122 Å². The molecule has 0 rings (SSSR count). The third-order valence-corrected chi connectivity index (χ3v) is 9.06. The zero-order chi connectivity index (χ0) is 43.0. The van der Waals surface area contributed by atoms with Crippen LogP contribution in [0.5, 0.6) is 0 Å². The van der Waals surface area contributed by atoms with Gasteiger partial charge in [-0.15, -0.1) is 0 Å². The maximum Gasteiger partial charge on any atom is 0.309 e. The second kappa shape index (κ2) is 46.5. The molecule has 0 radical (unpaired) electrons. The molecule has 0 saturated carbocycles. The summed E-state index contributed by atoms with van der Waals surface area (Å²) in [5, 5.41) is 0. The molecule has 0 aromatic rings. The van der Waals surface area contributed by atoms with Crippen molar-refractivity contribution in [3.8, 4) is 0 Å². The number of unbranched alkanes of at least 4 members (excludes halogenated alkanes) is 12. The van der Waals surface area contributed by atoms with E-state index in [4.69, 9.17) is 14.2 Å². The molecule has 0 aliphatic heterocycles. The van der Waals surface area contributed by atoms with E-state index < -0.39 is 12.1 Å². The molecule has 6 nitrogen and oxygen atoms in total. The molecule has 0 bridgehead atoms. The number of hydrogen-bond donors (Lipinski definition) is 0. The van der Waals surface area contributed by atoms with Crippen LogP contribution in [0.4, 0.5) is 0 Å². The summed E-state index contributed by atoms with van der Waals surface area (Å²) in [4.78, 5) is 37.6. The SMILES string of the molecule is CC\C=C/C=C\C=C/C=C\CCCCCCCC(=O)OC(COC(=O)C/C=C\C/C=C\C/C=C\CC)COC(=O)CCC/C=C\C/C=C\C/C=C\CCCCCCCC. The van der Waals surface area contributed by atoms with Gasteiger partial charge in [-0.3, -0.25) is 14.4 Å². The number of allylic oxidation sites excluding steroid dienone is 19. The van der Waals surface area contributed by atoms with Crippen LogP contribution in [-0.2, 0) is 28.6 Å². The molecule has 6 heteroatoms. The molecule has 0 aliphatic carbocycles. The van der Waals surface area contributed by atoms with E-state index in [1.165, 1.54) is 44.9 Å². The summed E-state index contributed by atoms with van der Waals surface area (Å²) in [7, 11) is 0. The topological polar surface area (TPSA) is 78.9 Å². The van der Waals surface area contributed by atoms with Crippen LogP contribution in [0.1, 0.15) is 175 Å². The Labute approximate surface area is 361 Å². The van der Waals surface area contributed by atoms with Gasteiger partial charge in [0.05, 0.1) is 6.42 Å². The van der Waals surface area contributed by atoms with Crippen molar-refractivity contribution in [1.29, 1.82) is 0 Å². The second-order valence-electron chi connectivity index (χ2n) is 14.7. The maximum absolute atomic E-state index is 12.7. The smallest absolute Gasteiger partial charge is 0.309 e. The molecule has 0 amide bonds. The first kappa shape index (κ1) is 54.8. The average Bonchev–Trinajstić information content (AvgIpc) is 3.23. The molecule has 0 aromatic carbocycles. The quantitative estimate of drug-likeness (QED) is 0.0202. The van der Waals surface area contributed by atoms with Gasteiger partial charge in [-0.05, 0) is 83.5 Å².